The van der Waals surface area contributed by atoms with E-state index in [0.29, 0.717) is 29.9 Å². The van der Waals surface area contributed by atoms with Gasteiger partial charge in [-0.25, -0.2) is 18.6 Å². The first kappa shape index (κ1) is 22.5. The molecule has 0 bridgehead atoms. The number of ether oxygens (including phenoxy) is 1. The predicted octanol–water partition coefficient (Wildman–Crippen LogP) is 5.31. The number of hydrogen-bond donors (Lipinski definition) is 1. The Kier molecular flexibility index (Phi) is 8.03. The summed E-state index contributed by atoms with van der Waals surface area (Å²) in [5.74, 6) is -1.79. The van der Waals surface area contributed by atoms with Gasteiger partial charge in [0.15, 0.2) is 16.8 Å². The number of thioether (sulfide) groups is 1. The predicted molar refractivity (Wildman–Crippen MR) is 114 cm³/mol. The SMILES string of the molecule is CCOC(=O)CSc1cnc(NC(=O)N(CC2CCCC2)c2ccc(F)c(F)c2)s1. The van der Waals surface area contributed by atoms with Crippen molar-refractivity contribution in [3.05, 3.63) is 36.0 Å². The molecule has 0 aliphatic heterocycles. The van der Waals surface area contributed by atoms with E-state index in [1.807, 2.05) is 0 Å². The number of amides is 2. The number of aromatic nitrogens is 1. The zero-order chi connectivity index (χ0) is 21.5. The highest BCUT2D eigenvalue weighted by Gasteiger charge is 2.25. The summed E-state index contributed by atoms with van der Waals surface area (Å²) in [5.41, 5.74) is 0.298. The molecule has 1 aliphatic carbocycles. The maximum atomic E-state index is 13.8. The minimum absolute atomic E-state index is 0.159. The zero-order valence-corrected chi connectivity index (χ0v) is 18.2. The second-order valence-corrected chi connectivity index (χ2v) is 9.17. The molecule has 3 rings (SSSR count). The highest BCUT2D eigenvalue weighted by Crippen LogP contribution is 2.31. The van der Waals surface area contributed by atoms with Crippen LogP contribution in [0.5, 0.6) is 0 Å². The number of hydrogen-bond acceptors (Lipinski definition) is 6. The van der Waals surface area contributed by atoms with Crippen molar-refractivity contribution in [3.8, 4) is 0 Å². The molecule has 1 aliphatic rings. The molecule has 10 heteroatoms. The van der Waals surface area contributed by atoms with Crippen LogP contribution in [0.4, 0.5) is 24.4 Å². The largest absolute Gasteiger partial charge is 0.465 e. The van der Waals surface area contributed by atoms with Gasteiger partial charge in [0, 0.05) is 18.3 Å². The minimum Gasteiger partial charge on any atom is -0.465 e. The van der Waals surface area contributed by atoms with Gasteiger partial charge in [0.1, 0.15) is 0 Å². The van der Waals surface area contributed by atoms with E-state index in [0.717, 1.165) is 42.0 Å². The van der Waals surface area contributed by atoms with E-state index in [1.165, 1.54) is 34.1 Å². The normalized spacial score (nSPS) is 14.0. The molecule has 1 saturated carbocycles. The van der Waals surface area contributed by atoms with Crippen molar-refractivity contribution < 1.29 is 23.1 Å². The van der Waals surface area contributed by atoms with Crippen molar-refractivity contribution in [2.24, 2.45) is 5.92 Å². The lowest BCUT2D eigenvalue weighted by Crippen LogP contribution is -2.38. The highest BCUT2D eigenvalue weighted by molar-refractivity contribution is 8.01. The Labute approximate surface area is 182 Å². The van der Waals surface area contributed by atoms with E-state index >= 15 is 0 Å². The molecule has 0 saturated heterocycles. The van der Waals surface area contributed by atoms with E-state index in [4.69, 9.17) is 4.74 Å². The fraction of sp³-hybridized carbons (Fsp3) is 0.450. The lowest BCUT2D eigenvalue weighted by molar-refractivity contribution is -0.139. The van der Waals surface area contributed by atoms with Crippen molar-refractivity contribution in [1.82, 2.24) is 4.98 Å². The Bertz CT molecular complexity index is 888. The third kappa shape index (κ3) is 6.15. The van der Waals surface area contributed by atoms with Gasteiger partial charge in [-0.2, -0.15) is 0 Å². The van der Waals surface area contributed by atoms with Crippen LogP contribution < -0.4 is 10.2 Å². The molecule has 30 heavy (non-hydrogen) atoms. The summed E-state index contributed by atoms with van der Waals surface area (Å²) in [6, 6.07) is 3.00. The third-order valence-corrected chi connectivity index (χ3v) is 6.79. The van der Waals surface area contributed by atoms with Gasteiger partial charge in [0.25, 0.3) is 0 Å². The molecule has 1 N–H and O–H groups in total. The van der Waals surface area contributed by atoms with Crippen LogP contribution in [0.2, 0.25) is 0 Å². The van der Waals surface area contributed by atoms with E-state index < -0.39 is 17.7 Å². The van der Waals surface area contributed by atoms with E-state index in [1.54, 1.807) is 13.1 Å². The van der Waals surface area contributed by atoms with Gasteiger partial charge in [0.2, 0.25) is 0 Å². The Morgan fingerprint density at radius 3 is 2.77 bits per heavy atom. The standard InChI is InChI=1S/C20H23F2N3O3S2/c1-2-28-17(26)12-29-18-10-23-19(30-18)24-20(27)25(11-13-5-3-4-6-13)14-7-8-15(21)16(22)9-14/h7-10,13H,2-6,11-12H2,1H3,(H,23,24,27). The molecule has 1 aromatic heterocycles. The zero-order valence-electron chi connectivity index (χ0n) is 16.5. The highest BCUT2D eigenvalue weighted by atomic mass is 32.2. The Hall–Kier alpha value is -2.20. The van der Waals surface area contributed by atoms with Crippen molar-refractivity contribution in [2.75, 3.05) is 29.1 Å². The maximum Gasteiger partial charge on any atom is 0.328 e. The van der Waals surface area contributed by atoms with E-state index in [-0.39, 0.29) is 11.7 Å². The molecule has 1 heterocycles. The first-order chi connectivity index (χ1) is 14.5. The average molecular weight is 456 g/mol. The second-order valence-electron chi connectivity index (χ2n) is 6.87. The summed E-state index contributed by atoms with van der Waals surface area (Å²) in [4.78, 5) is 30.0. The molecule has 0 atom stereocenters. The fourth-order valence-corrected chi connectivity index (χ4v) is 4.94. The molecule has 1 aromatic carbocycles. The quantitative estimate of drug-likeness (QED) is 0.432. The number of carbonyl (C=O) groups is 2. The van der Waals surface area contributed by atoms with Crippen LogP contribution in [0.25, 0.3) is 0 Å². The van der Waals surface area contributed by atoms with Crippen LogP contribution in [0.15, 0.2) is 28.6 Å². The number of thiazole rings is 1. The van der Waals surface area contributed by atoms with Crippen LogP contribution in [-0.2, 0) is 9.53 Å². The Morgan fingerprint density at radius 2 is 2.07 bits per heavy atom. The number of halogens is 2. The molecular formula is C20H23F2N3O3S2. The summed E-state index contributed by atoms with van der Waals surface area (Å²) in [7, 11) is 0. The number of nitrogens with zero attached hydrogens (tertiary/aromatic N) is 2. The van der Waals surface area contributed by atoms with Gasteiger partial charge in [-0.3, -0.25) is 15.0 Å². The average Bonchev–Trinajstić information content (AvgIpc) is 3.39. The first-order valence-electron chi connectivity index (χ1n) is 9.74. The summed E-state index contributed by atoms with van der Waals surface area (Å²) >= 11 is 2.51. The molecule has 6 nitrogen and oxygen atoms in total. The second kappa shape index (κ2) is 10.7. The molecule has 1 fully saturated rings. The lowest BCUT2D eigenvalue weighted by atomic mass is 10.1. The number of esters is 1. The molecule has 0 spiro atoms. The number of carbonyl (C=O) groups excluding carboxylic acids is 2. The molecule has 0 unspecified atom stereocenters. The van der Waals surface area contributed by atoms with Gasteiger partial charge < -0.3 is 4.74 Å². The van der Waals surface area contributed by atoms with Crippen LogP contribution in [0, 0.1) is 17.6 Å². The molecule has 2 aromatic rings. The van der Waals surface area contributed by atoms with E-state index in [9.17, 15) is 18.4 Å². The third-order valence-electron chi connectivity index (χ3n) is 4.71. The minimum atomic E-state index is -0.997. The van der Waals surface area contributed by atoms with Gasteiger partial charge in [-0.05, 0) is 37.8 Å². The van der Waals surface area contributed by atoms with Crippen molar-refractivity contribution >= 4 is 45.9 Å². The van der Waals surface area contributed by atoms with Gasteiger partial charge >= 0.3 is 12.0 Å². The molecule has 162 valence electrons. The fourth-order valence-electron chi connectivity index (χ4n) is 3.29. The number of rotatable bonds is 8. The van der Waals surface area contributed by atoms with Crippen LogP contribution in [-0.4, -0.2) is 35.9 Å². The van der Waals surface area contributed by atoms with Crippen molar-refractivity contribution in [1.29, 1.82) is 0 Å². The first-order valence-corrected chi connectivity index (χ1v) is 11.5. The number of nitrogens with one attached hydrogen (secondary N) is 1. The summed E-state index contributed by atoms with van der Waals surface area (Å²) in [5, 5.41) is 3.10. The van der Waals surface area contributed by atoms with Gasteiger partial charge in [0.05, 0.1) is 22.8 Å². The van der Waals surface area contributed by atoms with E-state index in [2.05, 4.69) is 10.3 Å². The van der Waals surface area contributed by atoms with Crippen molar-refractivity contribution in [3.63, 3.8) is 0 Å². The van der Waals surface area contributed by atoms with Crippen LogP contribution >= 0.6 is 23.1 Å². The van der Waals surface area contributed by atoms with Crippen LogP contribution in [0.1, 0.15) is 32.6 Å². The topological polar surface area (TPSA) is 71.5 Å². The number of urea groups is 1. The maximum absolute atomic E-state index is 13.8. The van der Waals surface area contributed by atoms with Crippen molar-refractivity contribution in [2.45, 2.75) is 36.8 Å². The number of benzene rings is 1. The summed E-state index contributed by atoms with van der Waals surface area (Å²) < 4.78 is 32.8. The van der Waals surface area contributed by atoms with Crippen LogP contribution in [0.3, 0.4) is 0 Å². The lowest BCUT2D eigenvalue weighted by Gasteiger charge is -2.25. The summed E-state index contributed by atoms with van der Waals surface area (Å²) in [6.07, 6.45) is 5.78. The smallest absolute Gasteiger partial charge is 0.328 e. The number of anilines is 2. The molecule has 2 amide bonds. The monoisotopic (exact) mass is 455 g/mol. The summed E-state index contributed by atoms with van der Waals surface area (Å²) in [6.45, 7) is 2.49. The van der Waals surface area contributed by atoms with Gasteiger partial charge in [-0.1, -0.05) is 24.2 Å². The Morgan fingerprint density at radius 1 is 1.30 bits per heavy atom. The molecule has 0 radical (unpaired) electrons. The Balaban J connectivity index is 1.68. The molecular weight excluding hydrogens is 432 g/mol. The van der Waals surface area contributed by atoms with Gasteiger partial charge in [-0.15, -0.1) is 11.8 Å².